The fourth-order valence-corrected chi connectivity index (χ4v) is 0. The van der Waals surface area contributed by atoms with Gasteiger partial charge >= 0.3 is 57.0 Å². The van der Waals surface area contributed by atoms with Crippen LogP contribution < -0.4 is 32.4 Å². The summed E-state index contributed by atoms with van der Waals surface area (Å²) in [6.45, 7) is 0. The minimum absolute atomic E-state index is 0. The second-order valence-corrected chi connectivity index (χ2v) is 1.75. The summed E-state index contributed by atoms with van der Waals surface area (Å²) in [6, 6.07) is 0. The van der Waals surface area contributed by atoms with Gasteiger partial charge in [0.1, 0.15) is 0 Å². The maximum absolute atomic E-state index is 8.83. The Bertz CT molecular complexity index is 288. The quantitative estimate of drug-likeness (QED) is 0.136. The van der Waals surface area contributed by atoms with Crippen molar-refractivity contribution < 1.29 is 126 Å². The van der Waals surface area contributed by atoms with E-state index in [4.69, 9.17) is 75.8 Å². The standard InChI is InChI=1S/5CH2O4.H3N.Zr/c5*2-1(3)5-4;;/h5*4H,(H,2,3);1H3;/q;;;;;;+4/p-4. The topological polar surface area (TPSA) is 384 Å². The fraction of sp³-hybridized carbons (Fsp3) is 0. The van der Waals surface area contributed by atoms with E-state index in [2.05, 4.69) is 24.4 Å². The third-order valence-corrected chi connectivity index (χ3v) is 0.356. The Balaban J connectivity index is -0.0000000364. The third-order valence-electron chi connectivity index (χ3n) is 0.356. The van der Waals surface area contributed by atoms with E-state index in [0.717, 1.165) is 0 Å². The monoisotopic (exact) mass is 493 g/mol. The molecule has 22 heteroatoms. The Kier molecular flexibility index (Phi) is 62.7. The van der Waals surface area contributed by atoms with Gasteiger partial charge in [0.15, 0.2) is 0 Å². The van der Waals surface area contributed by atoms with Crippen molar-refractivity contribution in [3.63, 3.8) is 0 Å². The first-order chi connectivity index (χ1) is 11.4. The van der Waals surface area contributed by atoms with E-state index in [0.29, 0.717) is 0 Å². The number of hydrogen-bond acceptors (Lipinski definition) is 15. The zero-order valence-electron chi connectivity index (χ0n) is 12.4. The maximum atomic E-state index is 8.83. The summed E-state index contributed by atoms with van der Waals surface area (Å²) in [5.74, 6) is 0. The second-order valence-electron chi connectivity index (χ2n) is 1.75. The van der Waals surface area contributed by atoms with Crippen LogP contribution >= 0.6 is 0 Å². The van der Waals surface area contributed by atoms with Crippen LogP contribution in [0, 0.1) is 0 Å². The summed E-state index contributed by atoms with van der Waals surface area (Å²) >= 11 is 0. The van der Waals surface area contributed by atoms with E-state index in [-0.39, 0.29) is 32.4 Å². The summed E-state index contributed by atoms with van der Waals surface area (Å²) in [7, 11) is 0. The van der Waals surface area contributed by atoms with Crippen LogP contribution in [0.5, 0.6) is 0 Å². The molecule has 0 aromatic rings. The molecule has 0 saturated heterocycles. The summed E-state index contributed by atoms with van der Waals surface area (Å²) < 4.78 is 0. The van der Waals surface area contributed by atoms with Gasteiger partial charge in [-0.2, -0.15) is 0 Å². The van der Waals surface area contributed by atoms with Gasteiger partial charge in [0, 0.05) is 0 Å². The van der Waals surface area contributed by atoms with Crippen molar-refractivity contribution in [2.75, 3.05) is 0 Å². The number of rotatable bonds is 0. The molecule has 0 fully saturated rings. The first kappa shape index (κ1) is 43.9. The molecule has 0 unspecified atom stereocenters. The van der Waals surface area contributed by atoms with Crippen molar-refractivity contribution in [2.45, 2.75) is 0 Å². The molecule has 9 N–H and O–H groups in total. The normalized spacial score (nSPS) is 6.11. The number of carboxylic acid groups (broad SMARTS) is 5. The van der Waals surface area contributed by atoms with Gasteiger partial charge in [0.2, 0.25) is 0 Å². The summed E-state index contributed by atoms with van der Waals surface area (Å²) in [5.41, 5.74) is 0. The average Bonchev–Trinajstić information content (AvgIpc) is 2.56. The SMILES string of the molecule is O=C(O)O[O-].O=C(O)O[O-].O=C(O)O[O-].O=C(O)O[O-].O=C(O)O[O-].[NH4+].[Zr+4]. The molecular formula is C5H9NO20Zr. The van der Waals surface area contributed by atoms with Crippen molar-refractivity contribution >= 4 is 30.8 Å². The Morgan fingerprint density at radius 2 is 0.481 bits per heavy atom. The number of hydrogen-bond donors (Lipinski definition) is 6. The molecule has 0 radical (unpaired) electrons. The van der Waals surface area contributed by atoms with E-state index < -0.39 is 30.8 Å². The third kappa shape index (κ3) is 207. The summed E-state index contributed by atoms with van der Waals surface area (Å²) in [4.78, 5) is 56.2. The van der Waals surface area contributed by atoms with Gasteiger partial charge in [-0.25, -0.2) is 24.0 Å². The average molecular weight is 494 g/mol. The molecular weight excluding hydrogens is 485 g/mol. The summed E-state index contributed by atoms with van der Waals surface area (Å²) in [6.07, 6.45) is -9.00. The number of quaternary nitrogens is 1. The molecule has 0 bridgehead atoms. The first-order valence-corrected chi connectivity index (χ1v) is 3.99. The number of carbonyl (C=O) groups is 5. The van der Waals surface area contributed by atoms with Gasteiger partial charge in [0.05, 0.1) is 0 Å². The molecule has 158 valence electrons. The van der Waals surface area contributed by atoms with E-state index in [1.807, 2.05) is 0 Å². The minimum atomic E-state index is -1.80. The van der Waals surface area contributed by atoms with Crippen LogP contribution in [0.3, 0.4) is 0 Å². The molecule has 0 spiro atoms. The molecule has 0 aromatic carbocycles. The van der Waals surface area contributed by atoms with Crippen LogP contribution in [0.4, 0.5) is 24.0 Å². The largest absolute Gasteiger partial charge is 4.00 e. The predicted octanol–water partition coefficient (Wildman–Crippen LogP) is -4.84. The molecule has 0 amide bonds. The molecule has 0 saturated carbocycles. The molecule has 0 aromatic heterocycles. The molecule has 0 aliphatic heterocycles. The van der Waals surface area contributed by atoms with Crippen molar-refractivity contribution in [1.82, 2.24) is 6.15 Å². The zero-order valence-corrected chi connectivity index (χ0v) is 14.8. The Hall–Kier alpha value is -3.01. The van der Waals surface area contributed by atoms with Crippen LogP contribution in [-0.4, -0.2) is 56.3 Å². The van der Waals surface area contributed by atoms with Gasteiger partial charge in [-0.05, 0) is 0 Å². The molecule has 0 rings (SSSR count). The maximum Gasteiger partial charge on any atom is 4.00 e. The van der Waals surface area contributed by atoms with Crippen LogP contribution in [0.25, 0.3) is 0 Å². The van der Waals surface area contributed by atoms with Gasteiger partial charge in [0.25, 0.3) is 0 Å². The molecule has 21 nitrogen and oxygen atoms in total. The van der Waals surface area contributed by atoms with E-state index in [9.17, 15) is 0 Å². The van der Waals surface area contributed by atoms with Crippen molar-refractivity contribution in [1.29, 1.82) is 0 Å². The zero-order chi connectivity index (χ0) is 21.4. The first-order valence-electron chi connectivity index (χ1n) is 3.99. The van der Waals surface area contributed by atoms with Gasteiger partial charge in [-0.1, -0.05) is 0 Å². The van der Waals surface area contributed by atoms with Crippen molar-refractivity contribution in [3.05, 3.63) is 0 Å². The molecule has 0 aliphatic rings. The molecule has 0 atom stereocenters. The molecule has 0 heterocycles. The predicted molar refractivity (Wildman–Crippen MR) is 51.5 cm³/mol. The van der Waals surface area contributed by atoms with Gasteiger partial charge in [-0.15, -0.1) is 0 Å². The van der Waals surface area contributed by atoms with E-state index in [1.54, 1.807) is 0 Å². The van der Waals surface area contributed by atoms with Crippen LogP contribution in [-0.2, 0) is 50.6 Å². The van der Waals surface area contributed by atoms with E-state index >= 15 is 0 Å². The van der Waals surface area contributed by atoms with Gasteiger partial charge in [-0.3, -0.25) is 0 Å². The second kappa shape index (κ2) is 38.5. The minimum Gasteiger partial charge on any atom is -0.659 e. The van der Waals surface area contributed by atoms with Crippen LogP contribution in [0.2, 0.25) is 0 Å². The van der Waals surface area contributed by atoms with Gasteiger partial charge < -0.3 is 82.4 Å². The van der Waals surface area contributed by atoms with E-state index in [1.165, 1.54) is 0 Å². The Labute approximate surface area is 164 Å². The molecule has 27 heavy (non-hydrogen) atoms. The summed E-state index contributed by atoms with van der Waals surface area (Å²) in [5, 5.41) is 78.6. The van der Waals surface area contributed by atoms with Crippen LogP contribution in [0.1, 0.15) is 0 Å². The van der Waals surface area contributed by atoms with Crippen LogP contribution in [0.15, 0.2) is 0 Å². The smallest absolute Gasteiger partial charge is 0.659 e. The van der Waals surface area contributed by atoms with Crippen molar-refractivity contribution in [3.8, 4) is 0 Å². The fourth-order valence-electron chi connectivity index (χ4n) is 0. The Morgan fingerprint density at radius 1 is 0.444 bits per heavy atom. The Morgan fingerprint density at radius 3 is 0.481 bits per heavy atom. The molecule has 0 aliphatic carbocycles. The van der Waals surface area contributed by atoms with Crippen molar-refractivity contribution in [2.24, 2.45) is 0 Å².